The van der Waals surface area contributed by atoms with Gasteiger partial charge in [-0.05, 0) is 30.7 Å². The predicted octanol–water partition coefficient (Wildman–Crippen LogP) is 3.05. The van der Waals surface area contributed by atoms with Gasteiger partial charge in [-0.2, -0.15) is 4.98 Å². The molecule has 0 unspecified atom stereocenters. The predicted molar refractivity (Wildman–Crippen MR) is 83.6 cm³/mol. The minimum Gasteiger partial charge on any atom is -0.383 e. The summed E-state index contributed by atoms with van der Waals surface area (Å²) in [6.07, 6.45) is 0. The van der Waals surface area contributed by atoms with Crippen molar-refractivity contribution in [2.24, 2.45) is 0 Å². The Morgan fingerprint density at radius 3 is 2.75 bits per heavy atom. The molecule has 102 valence electrons. The summed E-state index contributed by atoms with van der Waals surface area (Å²) in [5, 5.41) is 1.51. The molecule has 0 aliphatic rings. The Morgan fingerprint density at radius 1 is 1.35 bits per heavy atom. The molecule has 0 spiro atoms. The van der Waals surface area contributed by atoms with Gasteiger partial charge in [-0.1, -0.05) is 23.7 Å². The van der Waals surface area contributed by atoms with Crippen LogP contribution in [-0.4, -0.2) is 9.55 Å². The van der Waals surface area contributed by atoms with Crippen LogP contribution in [0.4, 0.5) is 5.82 Å². The second-order valence-electron chi connectivity index (χ2n) is 4.57. The molecule has 2 heterocycles. The van der Waals surface area contributed by atoms with E-state index in [9.17, 15) is 4.79 Å². The lowest BCUT2D eigenvalue weighted by Gasteiger charge is -2.08. The van der Waals surface area contributed by atoms with Gasteiger partial charge in [0, 0.05) is 9.90 Å². The van der Waals surface area contributed by atoms with Gasteiger partial charge in [0.25, 0.3) is 0 Å². The summed E-state index contributed by atoms with van der Waals surface area (Å²) in [5.41, 5.74) is 6.49. The quantitative estimate of drug-likeness (QED) is 0.791. The summed E-state index contributed by atoms with van der Waals surface area (Å²) in [5.74, 6) is 0.293. The lowest BCUT2D eigenvalue weighted by atomic mass is 10.2. The third-order valence-corrected chi connectivity index (χ3v) is 4.38. The maximum absolute atomic E-state index is 12.1. The maximum Gasteiger partial charge on any atom is 0.350 e. The topological polar surface area (TPSA) is 60.9 Å². The monoisotopic (exact) mass is 305 g/mol. The van der Waals surface area contributed by atoms with E-state index in [4.69, 9.17) is 17.3 Å². The van der Waals surface area contributed by atoms with Crippen molar-refractivity contribution in [2.75, 3.05) is 5.73 Å². The third-order valence-electron chi connectivity index (χ3n) is 3.06. The molecule has 0 bridgehead atoms. The van der Waals surface area contributed by atoms with Crippen molar-refractivity contribution >= 4 is 39.0 Å². The lowest BCUT2D eigenvalue weighted by molar-refractivity contribution is 0.770. The molecule has 0 saturated carbocycles. The van der Waals surface area contributed by atoms with Crippen molar-refractivity contribution in [3.8, 4) is 0 Å². The molecular formula is C14H12ClN3OS. The first kappa shape index (κ1) is 13.1. The highest BCUT2D eigenvalue weighted by molar-refractivity contribution is 7.18. The molecule has 0 atom stereocenters. The van der Waals surface area contributed by atoms with E-state index in [1.165, 1.54) is 0 Å². The van der Waals surface area contributed by atoms with Gasteiger partial charge < -0.3 is 5.73 Å². The fourth-order valence-corrected chi connectivity index (χ4v) is 3.24. The Kier molecular flexibility index (Phi) is 3.23. The van der Waals surface area contributed by atoms with Gasteiger partial charge in [0.1, 0.15) is 10.6 Å². The maximum atomic E-state index is 12.1. The van der Waals surface area contributed by atoms with E-state index >= 15 is 0 Å². The Hall–Kier alpha value is -1.85. The molecule has 20 heavy (non-hydrogen) atoms. The molecule has 6 heteroatoms. The minimum atomic E-state index is -0.327. The van der Waals surface area contributed by atoms with Crippen molar-refractivity contribution in [2.45, 2.75) is 13.5 Å². The third kappa shape index (κ3) is 2.30. The molecule has 0 aliphatic carbocycles. The fraction of sp³-hybridized carbons (Fsp3) is 0.143. The normalized spacial score (nSPS) is 11.1. The van der Waals surface area contributed by atoms with E-state index in [2.05, 4.69) is 4.98 Å². The number of benzene rings is 1. The van der Waals surface area contributed by atoms with Crippen LogP contribution in [0.25, 0.3) is 10.2 Å². The fourth-order valence-electron chi connectivity index (χ4n) is 2.11. The first-order chi connectivity index (χ1) is 9.54. The molecule has 2 N–H and O–H groups in total. The van der Waals surface area contributed by atoms with Crippen LogP contribution in [-0.2, 0) is 6.54 Å². The summed E-state index contributed by atoms with van der Waals surface area (Å²) in [6.45, 7) is 2.45. The van der Waals surface area contributed by atoms with E-state index in [1.807, 2.05) is 37.3 Å². The van der Waals surface area contributed by atoms with Gasteiger partial charge >= 0.3 is 5.69 Å². The van der Waals surface area contributed by atoms with Gasteiger partial charge in [0.15, 0.2) is 0 Å². The number of nitrogen functional groups attached to an aromatic ring is 1. The second kappa shape index (κ2) is 4.92. The Morgan fingerprint density at radius 2 is 2.05 bits per heavy atom. The highest BCUT2D eigenvalue weighted by atomic mass is 35.5. The van der Waals surface area contributed by atoms with Crippen molar-refractivity contribution in [3.63, 3.8) is 0 Å². The van der Waals surface area contributed by atoms with Crippen molar-refractivity contribution < 1.29 is 0 Å². The number of anilines is 1. The molecule has 0 amide bonds. The molecule has 4 nitrogen and oxygen atoms in total. The number of halogens is 1. The Labute approximate surface area is 124 Å². The number of fused-ring (bicyclic) bond motifs is 1. The van der Waals surface area contributed by atoms with E-state index in [0.29, 0.717) is 17.4 Å². The molecule has 0 radical (unpaired) electrons. The Balaban J connectivity index is 2.15. The van der Waals surface area contributed by atoms with Gasteiger partial charge in [0.05, 0.1) is 11.9 Å². The first-order valence-corrected chi connectivity index (χ1v) is 7.25. The molecule has 3 aromatic rings. The molecule has 0 fully saturated rings. The Bertz CT molecular complexity index is 836. The van der Waals surface area contributed by atoms with Gasteiger partial charge in [-0.25, -0.2) is 4.79 Å². The van der Waals surface area contributed by atoms with Crippen LogP contribution in [0.1, 0.15) is 10.4 Å². The van der Waals surface area contributed by atoms with Crippen molar-refractivity contribution in [1.82, 2.24) is 9.55 Å². The average molecular weight is 306 g/mol. The number of nitrogens with two attached hydrogens (primary N) is 1. The number of aryl methyl sites for hydroxylation is 1. The summed E-state index contributed by atoms with van der Waals surface area (Å²) >= 11 is 7.42. The molecular weight excluding hydrogens is 294 g/mol. The summed E-state index contributed by atoms with van der Waals surface area (Å²) in [7, 11) is 0. The van der Waals surface area contributed by atoms with E-state index in [1.54, 1.807) is 15.9 Å². The SMILES string of the molecule is Cc1cc2c(N)nc(=O)n(Cc3ccc(Cl)cc3)c2s1. The van der Waals surface area contributed by atoms with E-state index < -0.39 is 0 Å². The zero-order chi connectivity index (χ0) is 14.3. The number of hydrogen-bond acceptors (Lipinski definition) is 4. The zero-order valence-corrected chi connectivity index (χ0v) is 12.3. The van der Waals surface area contributed by atoms with Crippen LogP contribution in [0.2, 0.25) is 5.02 Å². The summed E-state index contributed by atoms with van der Waals surface area (Å²) < 4.78 is 1.65. The van der Waals surface area contributed by atoms with Gasteiger partial charge in [0.2, 0.25) is 0 Å². The standard InChI is InChI=1S/C14H12ClN3OS/c1-8-6-11-12(16)17-14(19)18(13(11)20-8)7-9-2-4-10(15)5-3-9/h2-6H,7H2,1H3,(H2,16,17,19). The van der Waals surface area contributed by atoms with Crippen molar-refractivity contribution in [1.29, 1.82) is 0 Å². The van der Waals surface area contributed by atoms with E-state index in [-0.39, 0.29) is 5.69 Å². The molecule has 2 aromatic heterocycles. The molecule has 0 saturated heterocycles. The molecule has 1 aromatic carbocycles. The van der Waals surface area contributed by atoms with Crippen LogP contribution in [0, 0.1) is 6.92 Å². The number of hydrogen-bond donors (Lipinski definition) is 1. The lowest BCUT2D eigenvalue weighted by Crippen LogP contribution is -2.24. The van der Waals surface area contributed by atoms with Crippen LogP contribution in [0.3, 0.4) is 0 Å². The average Bonchev–Trinajstić information content (AvgIpc) is 2.79. The highest BCUT2D eigenvalue weighted by Gasteiger charge is 2.11. The van der Waals surface area contributed by atoms with Gasteiger partial charge in [-0.15, -0.1) is 11.3 Å². The van der Waals surface area contributed by atoms with Crippen LogP contribution < -0.4 is 11.4 Å². The van der Waals surface area contributed by atoms with Crippen LogP contribution >= 0.6 is 22.9 Å². The number of aromatic nitrogens is 2. The van der Waals surface area contributed by atoms with Crippen molar-refractivity contribution in [3.05, 3.63) is 56.3 Å². The van der Waals surface area contributed by atoms with Gasteiger partial charge in [-0.3, -0.25) is 4.57 Å². The number of thiophene rings is 1. The minimum absolute atomic E-state index is 0.293. The zero-order valence-electron chi connectivity index (χ0n) is 10.8. The first-order valence-electron chi connectivity index (χ1n) is 6.05. The summed E-state index contributed by atoms with van der Waals surface area (Å²) in [6, 6.07) is 9.38. The van der Waals surface area contributed by atoms with Crippen LogP contribution in [0.15, 0.2) is 35.1 Å². The van der Waals surface area contributed by atoms with E-state index in [0.717, 1.165) is 20.7 Å². The molecule has 0 aliphatic heterocycles. The molecule has 3 rings (SSSR count). The second-order valence-corrected chi connectivity index (χ2v) is 6.24. The summed E-state index contributed by atoms with van der Waals surface area (Å²) in [4.78, 5) is 17.9. The number of nitrogens with zero attached hydrogens (tertiary/aromatic N) is 2. The highest BCUT2D eigenvalue weighted by Crippen LogP contribution is 2.27. The largest absolute Gasteiger partial charge is 0.383 e. The smallest absolute Gasteiger partial charge is 0.350 e. The number of rotatable bonds is 2. The van der Waals surface area contributed by atoms with Crippen LogP contribution in [0.5, 0.6) is 0 Å².